The molecule has 0 fully saturated rings. The summed E-state index contributed by atoms with van der Waals surface area (Å²) in [4.78, 5) is 3.78. The van der Waals surface area contributed by atoms with Crippen LogP contribution in [0.25, 0.3) is 0 Å². The molecule has 1 heterocycles. The molecule has 0 radical (unpaired) electrons. The number of aryl methyl sites for hydroxylation is 1. The van der Waals surface area contributed by atoms with Gasteiger partial charge in [-0.15, -0.1) is 0 Å². The number of nitriles is 1. The summed E-state index contributed by atoms with van der Waals surface area (Å²) in [6.07, 6.45) is 2.10. The molecule has 1 aromatic heterocycles. The predicted octanol–water partition coefficient (Wildman–Crippen LogP) is -0.0229. The van der Waals surface area contributed by atoms with E-state index in [4.69, 9.17) is 10.4 Å². The highest BCUT2D eigenvalue weighted by Crippen LogP contribution is 2.06. The Morgan fingerprint density at radius 3 is 3.00 bits per heavy atom. The Hall–Kier alpha value is -1.34. The number of aliphatic hydroxyl groups is 1. The lowest BCUT2D eigenvalue weighted by Gasteiger charge is -1.99. The fourth-order valence-electron chi connectivity index (χ4n) is 0.698. The van der Waals surface area contributed by atoms with Crippen LogP contribution in [0.1, 0.15) is 11.9 Å². The van der Waals surface area contributed by atoms with Gasteiger partial charge in [0.05, 0.1) is 0 Å². The van der Waals surface area contributed by atoms with Gasteiger partial charge in [-0.2, -0.15) is 5.26 Å². The van der Waals surface area contributed by atoms with Crippen molar-refractivity contribution in [2.45, 2.75) is 6.10 Å². The van der Waals surface area contributed by atoms with Gasteiger partial charge in [-0.25, -0.2) is 4.98 Å². The van der Waals surface area contributed by atoms with Crippen molar-refractivity contribution in [1.82, 2.24) is 9.55 Å². The minimum absolute atomic E-state index is 0.377. The molecular weight excluding hydrogens is 130 g/mol. The molecule has 0 aliphatic carbocycles. The SMILES string of the molecule is Cn1ccnc1C(O)C#N. The highest BCUT2D eigenvalue weighted by molar-refractivity contribution is 5.03. The fourth-order valence-corrected chi connectivity index (χ4v) is 0.698. The first kappa shape index (κ1) is 6.78. The summed E-state index contributed by atoms with van der Waals surface area (Å²) in [5.74, 6) is 0.377. The summed E-state index contributed by atoms with van der Waals surface area (Å²) in [7, 11) is 1.73. The minimum Gasteiger partial charge on any atom is -0.371 e. The molecule has 0 saturated heterocycles. The number of rotatable bonds is 1. The maximum atomic E-state index is 8.95. The zero-order chi connectivity index (χ0) is 7.56. The largest absolute Gasteiger partial charge is 0.371 e. The molecule has 52 valence electrons. The number of hydrogen-bond donors (Lipinski definition) is 1. The van der Waals surface area contributed by atoms with Crippen molar-refractivity contribution < 1.29 is 5.11 Å². The van der Waals surface area contributed by atoms with Crippen LogP contribution in [0, 0.1) is 11.3 Å². The first-order valence-electron chi connectivity index (χ1n) is 2.80. The van der Waals surface area contributed by atoms with E-state index in [1.165, 1.54) is 6.20 Å². The number of aliphatic hydroxyl groups excluding tert-OH is 1. The number of aromatic nitrogens is 2. The third kappa shape index (κ3) is 0.993. The van der Waals surface area contributed by atoms with E-state index in [0.717, 1.165) is 0 Å². The second-order valence-electron chi connectivity index (χ2n) is 1.93. The van der Waals surface area contributed by atoms with E-state index in [-0.39, 0.29) is 0 Å². The van der Waals surface area contributed by atoms with E-state index < -0.39 is 6.10 Å². The average molecular weight is 137 g/mol. The zero-order valence-corrected chi connectivity index (χ0v) is 5.52. The zero-order valence-electron chi connectivity index (χ0n) is 5.52. The lowest BCUT2D eigenvalue weighted by atomic mass is 10.4. The lowest BCUT2D eigenvalue weighted by molar-refractivity contribution is 0.221. The Bertz CT molecular complexity index is 260. The van der Waals surface area contributed by atoms with Gasteiger partial charge in [0.1, 0.15) is 6.07 Å². The minimum atomic E-state index is -1.11. The van der Waals surface area contributed by atoms with Crippen LogP contribution in [0.15, 0.2) is 12.4 Å². The van der Waals surface area contributed by atoms with Crippen molar-refractivity contribution >= 4 is 0 Å². The van der Waals surface area contributed by atoms with Crippen molar-refractivity contribution in [3.63, 3.8) is 0 Å². The van der Waals surface area contributed by atoms with Crippen molar-refractivity contribution in [1.29, 1.82) is 5.26 Å². The van der Waals surface area contributed by atoms with Crippen LogP contribution in [0.4, 0.5) is 0 Å². The van der Waals surface area contributed by atoms with Crippen molar-refractivity contribution in [2.75, 3.05) is 0 Å². The van der Waals surface area contributed by atoms with Crippen LogP contribution in [-0.2, 0) is 7.05 Å². The molecule has 0 aliphatic heterocycles. The van der Waals surface area contributed by atoms with Crippen LogP contribution >= 0.6 is 0 Å². The molecule has 1 rings (SSSR count). The van der Waals surface area contributed by atoms with E-state index >= 15 is 0 Å². The normalized spacial score (nSPS) is 12.5. The predicted molar refractivity (Wildman–Crippen MR) is 33.8 cm³/mol. The van der Waals surface area contributed by atoms with E-state index in [9.17, 15) is 0 Å². The van der Waals surface area contributed by atoms with Crippen molar-refractivity contribution in [3.05, 3.63) is 18.2 Å². The van der Waals surface area contributed by atoms with Gasteiger partial charge >= 0.3 is 0 Å². The van der Waals surface area contributed by atoms with Crippen LogP contribution < -0.4 is 0 Å². The molecule has 1 unspecified atom stereocenters. The molecule has 1 atom stereocenters. The van der Waals surface area contributed by atoms with Crippen LogP contribution in [0.5, 0.6) is 0 Å². The highest BCUT2D eigenvalue weighted by Gasteiger charge is 2.09. The molecule has 0 bridgehead atoms. The van der Waals surface area contributed by atoms with Gasteiger partial charge in [0.2, 0.25) is 0 Å². The third-order valence-electron chi connectivity index (χ3n) is 1.23. The number of nitrogens with zero attached hydrogens (tertiary/aromatic N) is 3. The van der Waals surface area contributed by atoms with E-state index in [1.54, 1.807) is 23.9 Å². The Morgan fingerprint density at radius 1 is 1.90 bits per heavy atom. The lowest BCUT2D eigenvalue weighted by Crippen LogP contribution is -2.02. The third-order valence-corrected chi connectivity index (χ3v) is 1.23. The second kappa shape index (κ2) is 2.50. The van der Waals surface area contributed by atoms with Gasteiger partial charge in [0.25, 0.3) is 0 Å². The van der Waals surface area contributed by atoms with Gasteiger partial charge in [0, 0.05) is 19.4 Å². The Balaban J connectivity index is 2.96. The topological polar surface area (TPSA) is 61.8 Å². The van der Waals surface area contributed by atoms with Gasteiger partial charge in [-0.1, -0.05) is 0 Å². The van der Waals surface area contributed by atoms with Gasteiger partial charge < -0.3 is 9.67 Å². The number of imidazole rings is 1. The summed E-state index contributed by atoms with van der Waals surface area (Å²) in [6.45, 7) is 0. The van der Waals surface area contributed by atoms with E-state index in [0.29, 0.717) is 5.82 Å². The summed E-state index contributed by atoms with van der Waals surface area (Å²) in [5, 5.41) is 17.2. The first-order chi connectivity index (χ1) is 4.75. The molecule has 0 aromatic carbocycles. The van der Waals surface area contributed by atoms with Gasteiger partial charge in [0.15, 0.2) is 11.9 Å². The molecule has 10 heavy (non-hydrogen) atoms. The maximum Gasteiger partial charge on any atom is 0.198 e. The van der Waals surface area contributed by atoms with Crippen LogP contribution in [-0.4, -0.2) is 14.7 Å². The molecule has 1 aromatic rings. The molecule has 4 heteroatoms. The molecule has 4 nitrogen and oxygen atoms in total. The fraction of sp³-hybridized carbons (Fsp3) is 0.333. The highest BCUT2D eigenvalue weighted by atomic mass is 16.3. The van der Waals surface area contributed by atoms with Crippen LogP contribution in [0.3, 0.4) is 0 Å². The van der Waals surface area contributed by atoms with Crippen molar-refractivity contribution in [2.24, 2.45) is 7.05 Å². The first-order valence-corrected chi connectivity index (χ1v) is 2.80. The van der Waals surface area contributed by atoms with Crippen LogP contribution in [0.2, 0.25) is 0 Å². The summed E-state index contributed by atoms with van der Waals surface area (Å²) < 4.78 is 1.61. The molecule has 0 aliphatic rings. The Kier molecular flexibility index (Phi) is 1.69. The van der Waals surface area contributed by atoms with Gasteiger partial charge in [-0.3, -0.25) is 0 Å². The number of hydrogen-bond acceptors (Lipinski definition) is 3. The van der Waals surface area contributed by atoms with E-state index in [2.05, 4.69) is 4.98 Å². The quantitative estimate of drug-likeness (QED) is 0.553. The maximum absolute atomic E-state index is 8.95. The van der Waals surface area contributed by atoms with Crippen molar-refractivity contribution in [3.8, 4) is 6.07 Å². The molecule has 0 amide bonds. The summed E-state index contributed by atoms with van der Waals surface area (Å²) >= 11 is 0. The summed E-state index contributed by atoms with van der Waals surface area (Å²) in [5.41, 5.74) is 0. The summed E-state index contributed by atoms with van der Waals surface area (Å²) in [6, 6.07) is 1.68. The average Bonchev–Trinajstić information content (AvgIpc) is 2.34. The van der Waals surface area contributed by atoms with E-state index in [1.807, 2.05) is 0 Å². The Labute approximate surface area is 58.4 Å². The Morgan fingerprint density at radius 2 is 2.60 bits per heavy atom. The second-order valence-corrected chi connectivity index (χ2v) is 1.93. The smallest absolute Gasteiger partial charge is 0.198 e. The van der Waals surface area contributed by atoms with Gasteiger partial charge in [-0.05, 0) is 0 Å². The molecular formula is C6H7N3O. The molecule has 0 saturated carbocycles. The standard InChI is InChI=1S/C6H7N3O/c1-9-3-2-8-6(9)5(10)4-7/h2-3,5,10H,1H3. The molecule has 1 N–H and O–H groups in total. The monoisotopic (exact) mass is 137 g/mol. The molecule has 0 spiro atoms.